The Balaban J connectivity index is 3.01. The zero-order chi connectivity index (χ0) is 6.69. The molecule has 0 atom stereocenters. The van der Waals surface area contributed by atoms with Gasteiger partial charge in [0.05, 0.1) is 13.2 Å². The van der Waals surface area contributed by atoms with E-state index < -0.39 is 0 Å². The Morgan fingerprint density at radius 1 is 1.44 bits per heavy atom. The first-order chi connectivity index (χ1) is 4.34. The lowest BCUT2D eigenvalue weighted by molar-refractivity contribution is -0.676. The minimum absolute atomic E-state index is 0.873. The van der Waals surface area contributed by atoms with Crippen molar-refractivity contribution in [2.75, 3.05) is 7.11 Å². The maximum atomic E-state index is 5.01. The number of pyridine rings is 1. The molecule has 1 rings (SSSR count). The molecule has 48 valence electrons. The summed E-state index contributed by atoms with van der Waals surface area (Å²) < 4.78 is 6.92. The second-order valence-electron chi connectivity index (χ2n) is 1.85. The molecule has 1 heterocycles. The molecule has 0 unspecified atom stereocenters. The number of methoxy groups -OCH3 is 1. The molecule has 1 aromatic rings. The molecular formula is C7H10NO+. The average Bonchev–Trinajstić information content (AvgIpc) is 1.89. The molecular weight excluding hydrogens is 114 g/mol. The van der Waals surface area contributed by atoms with Crippen LogP contribution in [0.25, 0.3) is 0 Å². The lowest BCUT2D eigenvalue weighted by atomic mass is 10.5. The average molecular weight is 124 g/mol. The van der Waals surface area contributed by atoms with Crippen molar-refractivity contribution in [3.8, 4) is 5.88 Å². The summed E-state index contributed by atoms with van der Waals surface area (Å²) in [6, 6.07) is 5.82. The zero-order valence-corrected chi connectivity index (χ0v) is 5.66. The third-order valence-corrected chi connectivity index (χ3v) is 1.22. The molecule has 0 N–H and O–H groups in total. The van der Waals surface area contributed by atoms with Gasteiger partial charge >= 0.3 is 5.88 Å². The molecule has 9 heavy (non-hydrogen) atoms. The van der Waals surface area contributed by atoms with E-state index in [2.05, 4.69) is 0 Å². The maximum Gasteiger partial charge on any atom is 0.367 e. The molecule has 1 aromatic heterocycles. The van der Waals surface area contributed by atoms with E-state index in [1.165, 1.54) is 0 Å². The van der Waals surface area contributed by atoms with E-state index in [1.807, 2.05) is 36.0 Å². The molecule has 0 spiro atoms. The van der Waals surface area contributed by atoms with Gasteiger partial charge in [-0.2, -0.15) is 4.57 Å². The Labute approximate surface area is 54.7 Å². The van der Waals surface area contributed by atoms with Crippen LogP contribution in [0.2, 0.25) is 0 Å². The second kappa shape index (κ2) is 2.49. The number of hydrogen-bond acceptors (Lipinski definition) is 1. The summed E-state index contributed by atoms with van der Waals surface area (Å²) in [5.74, 6) is 0.873. The highest BCUT2D eigenvalue weighted by atomic mass is 16.5. The fourth-order valence-electron chi connectivity index (χ4n) is 0.720. The normalized spacial score (nSPS) is 9.11. The quantitative estimate of drug-likeness (QED) is 0.497. The Bertz CT molecular complexity index is 198. The largest absolute Gasteiger partial charge is 0.448 e. The van der Waals surface area contributed by atoms with Crippen LogP contribution in [0, 0.1) is 0 Å². The van der Waals surface area contributed by atoms with Crippen molar-refractivity contribution in [2.45, 2.75) is 0 Å². The molecule has 0 radical (unpaired) electrons. The summed E-state index contributed by atoms with van der Waals surface area (Å²) in [4.78, 5) is 0. The van der Waals surface area contributed by atoms with Gasteiger partial charge in [0.25, 0.3) is 0 Å². The smallest absolute Gasteiger partial charge is 0.367 e. The van der Waals surface area contributed by atoms with Gasteiger partial charge in [-0.15, -0.1) is 0 Å². The van der Waals surface area contributed by atoms with Crippen LogP contribution in [0.4, 0.5) is 0 Å². The van der Waals surface area contributed by atoms with Gasteiger partial charge in [-0.1, -0.05) is 0 Å². The van der Waals surface area contributed by atoms with Crippen molar-refractivity contribution in [3.63, 3.8) is 0 Å². The predicted octanol–water partition coefficient (Wildman–Crippen LogP) is 0.520. The number of aromatic nitrogens is 1. The van der Waals surface area contributed by atoms with Crippen molar-refractivity contribution in [1.29, 1.82) is 0 Å². The van der Waals surface area contributed by atoms with Crippen molar-refractivity contribution in [3.05, 3.63) is 24.4 Å². The van der Waals surface area contributed by atoms with Crippen LogP contribution in [-0.2, 0) is 7.05 Å². The third kappa shape index (κ3) is 1.19. The molecule has 0 saturated carbocycles. The van der Waals surface area contributed by atoms with Gasteiger partial charge in [0.1, 0.15) is 7.05 Å². The highest BCUT2D eigenvalue weighted by Crippen LogP contribution is 1.96. The van der Waals surface area contributed by atoms with E-state index >= 15 is 0 Å². The Kier molecular flexibility index (Phi) is 1.68. The van der Waals surface area contributed by atoms with Gasteiger partial charge in [-0.25, -0.2) is 0 Å². The van der Waals surface area contributed by atoms with Crippen LogP contribution in [-0.4, -0.2) is 7.11 Å². The zero-order valence-electron chi connectivity index (χ0n) is 5.66. The maximum absolute atomic E-state index is 5.01. The van der Waals surface area contributed by atoms with Gasteiger partial charge in [0, 0.05) is 6.07 Å². The van der Waals surface area contributed by atoms with Gasteiger partial charge in [-0.3, -0.25) is 0 Å². The lowest BCUT2D eigenvalue weighted by Crippen LogP contribution is -2.28. The summed E-state index contributed by atoms with van der Waals surface area (Å²) in [6.45, 7) is 0. The molecule has 2 nitrogen and oxygen atoms in total. The summed E-state index contributed by atoms with van der Waals surface area (Å²) in [5, 5.41) is 0. The fraction of sp³-hybridized carbons (Fsp3) is 0.286. The molecule has 0 saturated heterocycles. The first kappa shape index (κ1) is 6.08. The molecule has 0 aliphatic rings. The summed E-state index contributed by atoms with van der Waals surface area (Å²) >= 11 is 0. The number of aryl methyl sites for hydroxylation is 1. The van der Waals surface area contributed by atoms with Crippen LogP contribution in [0.1, 0.15) is 0 Å². The Hall–Kier alpha value is -1.05. The van der Waals surface area contributed by atoms with E-state index in [4.69, 9.17) is 4.74 Å². The van der Waals surface area contributed by atoms with Crippen LogP contribution >= 0.6 is 0 Å². The highest BCUT2D eigenvalue weighted by Gasteiger charge is 1.99. The van der Waals surface area contributed by atoms with Crippen molar-refractivity contribution < 1.29 is 9.30 Å². The molecule has 0 aliphatic heterocycles. The van der Waals surface area contributed by atoms with Gasteiger partial charge in [-0.05, 0) is 6.07 Å². The molecule has 0 bridgehead atoms. The highest BCUT2D eigenvalue weighted by molar-refractivity contribution is 5.01. The minimum Gasteiger partial charge on any atom is -0.448 e. The lowest BCUT2D eigenvalue weighted by Gasteiger charge is -1.93. The van der Waals surface area contributed by atoms with Crippen LogP contribution in [0.5, 0.6) is 5.88 Å². The number of hydrogen-bond donors (Lipinski definition) is 0. The van der Waals surface area contributed by atoms with Gasteiger partial charge in [0.2, 0.25) is 0 Å². The first-order valence-corrected chi connectivity index (χ1v) is 2.83. The Morgan fingerprint density at radius 3 is 2.67 bits per heavy atom. The number of rotatable bonds is 1. The number of nitrogens with zero attached hydrogens (tertiary/aromatic N) is 1. The summed E-state index contributed by atoms with van der Waals surface area (Å²) in [5.41, 5.74) is 0. The van der Waals surface area contributed by atoms with Crippen molar-refractivity contribution >= 4 is 0 Å². The minimum atomic E-state index is 0.873. The molecule has 0 fully saturated rings. The first-order valence-electron chi connectivity index (χ1n) is 2.83. The third-order valence-electron chi connectivity index (χ3n) is 1.22. The van der Waals surface area contributed by atoms with Gasteiger partial charge < -0.3 is 4.74 Å². The molecule has 0 amide bonds. The van der Waals surface area contributed by atoms with E-state index in [0.29, 0.717) is 0 Å². The van der Waals surface area contributed by atoms with Crippen LogP contribution in [0.3, 0.4) is 0 Å². The second-order valence-corrected chi connectivity index (χ2v) is 1.85. The monoisotopic (exact) mass is 124 g/mol. The topological polar surface area (TPSA) is 13.1 Å². The predicted molar refractivity (Wildman–Crippen MR) is 34.2 cm³/mol. The summed E-state index contributed by atoms with van der Waals surface area (Å²) in [7, 11) is 3.61. The summed E-state index contributed by atoms with van der Waals surface area (Å²) in [6.07, 6.45) is 1.94. The van der Waals surface area contributed by atoms with Crippen molar-refractivity contribution in [2.24, 2.45) is 7.05 Å². The van der Waals surface area contributed by atoms with E-state index in [0.717, 1.165) is 5.88 Å². The van der Waals surface area contributed by atoms with Crippen LogP contribution in [0.15, 0.2) is 24.4 Å². The van der Waals surface area contributed by atoms with E-state index in [1.54, 1.807) is 7.11 Å². The van der Waals surface area contributed by atoms with E-state index in [-0.39, 0.29) is 0 Å². The fourth-order valence-corrected chi connectivity index (χ4v) is 0.720. The Morgan fingerprint density at radius 2 is 2.22 bits per heavy atom. The van der Waals surface area contributed by atoms with Gasteiger partial charge in [0.15, 0.2) is 6.20 Å². The van der Waals surface area contributed by atoms with Crippen molar-refractivity contribution in [1.82, 2.24) is 0 Å². The molecule has 2 heteroatoms. The van der Waals surface area contributed by atoms with Crippen LogP contribution < -0.4 is 9.30 Å². The number of ether oxygens (including phenoxy) is 1. The SMILES string of the molecule is COc1cccc[n+]1C. The molecule has 0 aliphatic carbocycles. The molecule has 0 aromatic carbocycles. The standard InChI is InChI=1S/C7H10NO/c1-8-6-4-3-5-7(8)9-2/h3-6H,1-2H3/q+1. The van der Waals surface area contributed by atoms with E-state index in [9.17, 15) is 0 Å².